The number of hydrogen-bond donors (Lipinski definition) is 2. The van der Waals surface area contributed by atoms with Crippen LogP contribution in [-0.2, 0) is 0 Å². The Morgan fingerprint density at radius 1 is 1.29 bits per heavy atom. The summed E-state index contributed by atoms with van der Waals surface area (Å²) in [4.78, 5) is 6.91. The number of halogens is 2. The number of nitrogens with zero attached hydrogens (tertiary/aromatic N) is 2. The fraction of sp³-hybridized carbons (Fsp3) is 0.450. The van der Waals surface area contributed by atoms with Gasteiger partial charge in [-0.05, 0) is 49.4 Å². The summed E-state index contributed by atoms with van der Waals surface area (Å²) in [5, 5.41) is 10.1. The van der Waals surface area contributed by atoms with Crippen LogP contribution in [0.1, 0.15) is 19.8 Å². The Kier molecular flexibility index (Phi) is 7.47. The van der Waals surface area contributed by atoms with Gasteiger partial charge in [0.25, 0.3) is 0 Å². The first-order valence-electron chi connectivity index (χ1n) is 9.57. The van der Waals surface area contributed by atoms with Crippen LogP contribution in [0.2, 0.25) is 0 Å². The van der Waals surface area contributed by atoms with Crippen molar-refractivity contribution >= 4 is 22.3 Å². The molecule has 3 rings (SSSR count). The van der Waals surface area contributed by atoms with Gasteiger partial charge < -0.3 is 20.3 Å². The normalized spacial score (nSPS) is 15.5. The van der Waals surface area contributed by atoms with Crippen LogP contribution in [0.25, 0.3) is 0 Å². The summed E-state index contributed by atoms with van der Waals surface area (Å²) < 4.78 is 31.8. The van der Waals surface area contributed by atoms with Crippen molar-refractivity contribution in [2.75, 3.05) is 37.7 Å². The Hall–Kier alpha value is -2.35. The minimum absolute atomic E-state index is 0.0375. The van der Waals surface area contributed by atoms with Crippen molar-refractivity contribution in [1.29, 1.82) is 0 Å². The van der Waals surface area contributed by atoms with Gasteiger partial charge in [-0.1, -0.05) is 0 Å². The molecule has 1 aromatic heterocycles. The number of nitrogens with one attached hydrogen (secondary N) is 2. The molecule has 1 saturated heterocycles. The fourth-order valence-electron chi connectivity index (χ4n) is 3.11. The molecule has 2 aromatic rings. The number of hydrogen-bond acceptors (Lipinski definition) is 4. The number of rotatable bonds is 7. The monoisotopic (exact) mass is 408 g/mol. The smallest absolute Gasteiger partial charge is 0.191 e. The molecule has 0 unspecified atom stereocenters. The Balaban J connectivity index is 1.45. The maximum Gasteiger partial charge on any atom is 0.191 e. The van der Waals surface area contributed by atoms with Gasteiger partial charge >= 0.3 is 0 Å². The Morgan fingerprint density at radius 2 is 2.11 bits per heavy atom. The molecule has 2 N–H and O–H groups in total. The second-order valence-electron chi connectivity index (χ2n) is 6.54. The predicted molar refractivity (Wildman–Crippen MR) is 111 cm³/mol. The standard InChI is InChI=1S/C20H26F2N4OS/c1-2-23-20(24-9-12-27-18-6-5-15(21)14-17(18)22)25-16-7-10-26(11-8-16)19-4-3-13-28-19/h3-6,13-14,16H,2,7-12H2,1H3,(H2,23,24,25). The third-order valence-corrected chi connectivity index (χ3v) is 5.44. The van der Waals surface area contributed by atoms with Crippen LogP contribution in [0.3, 0.4) is 0 Å². The molecule has 152 valence electrons. The quantitative estimate of drug-likeness (QED) is 0.417. The Labute approximate surface area is 168 Å². The van der Waals surface area contributed by atoms with Gasteiger partial charge in [-0.15, -0.1) is 11.3 Å². The van der Waals surface area contributed by atoms with E-state index in [1.54, 1.807) is 11.3 Å². The minimum atomic E-state index is -0.702. The second kappa shape index (κ2) is 10.3. The SMILES string of the molecule is CCNC(=NCCOc1ccc(F)cc1F)NC1CCN(c2cccs2)CC1. The number of ether oxygens (including phenoxy) is 1. The van der Waals surface area contributed by atoms with Crippen molar-refractivity contribution in [3.05, 3.63) is 47.3 Å². The topological polar surface area (TPSA) is 48.9 Å². The molecule has 1 aliphatic heterocycles. The lowest BCUT2D eigenvalue weighted by Crippen LogP contribution is -2.48. The van der Waals surface area contributed by atoms with E-state index >= 15 is 0 Å². The first-order chi connectivity index (χ1) is 13.7. The molecule has 0 bridgehead atoms. The number of thiophene rings is 1. The highest BCUT2D eigenvalue weighted by molar-refractivity contribution is 7.14. The summed E-state index contributed by atoms with van der Waals surface area (Å²) in [6.45, 7) is 5.40. The van der Waals surface area contributed by atoms with Crippen LogP contribution in [0.5, 0.6) is 5.75 Å². The minimum Gasteiger partial charge on any atom is -0.489 e. The number of aliphatic imine (C=N–C) groups is 1. The van der Waals surface area contributed by atoms with Crippen LogP contribution in [0.4, 0.5) is 13.8 Å². The molecule has 28 heavy (non-hydrogen) atoms. The summed E-state index contributed by atoms with van der Waals surface area (Å²) in [5.41, 5.74) is 0. The summed E-state index contributed by atoms with van der Waals surface area (Å²) in [6, 6.07) is 7.89. The molecule has 5 nitrogen and oxygen atoms in total. The zero-order valence-electron chi connectivity index (χ0n) is 16.0. The molecular weight excluding hydrogens is 382 g/mol. The van der Waals surface area contributed by atoms with E-state index < -0.39 is 11.6 Å². The number of benzene rings is 1. The van der Waals surface area contributed by atoms with Gasteiger partial charge in [0.15, 0.2) is 17.5 Å². The third kappa shape index (κ3) is 5.82. The van der Waals surface area contributed by atoms with Gasteiger partial charge in [0, 0.05) is 31.7 Å². The third-order valence-electron chi connectivity index (χ3n) is 4.51. The van der Waals surface area contributed by atoms with Gasteiger partial charge in [0.2, 0.25) is 0 Å². The first-order valence-corrected chi connectivity index (χ1v) is 10.4. The molecule has 1 fully saturated rings. The maximum atomic E-state index is 13.6. The molecule has 1 aliphatic rings. The van der Waals surface area contributed by atoms with Crippen molar-refractivity contribution in [3.63, 3.8) is 0 Å². The molecule has 1 aromatic carbocycles. The van der Waals surface area contributed by atoms with Gasteiger partial charge in [0.05, 0.1) is 11.5 Å². The van der Waals surface area contributed by atoms with E-state index in [9.17, 15) is 8.78 Å². The van der Waals surface area contributed by atoms with E-state index in [4.69, 9.17) is 4.74 Å². The summed E-state index contributed by atoms with van der Waals surface area (Å²) in [5.74, 6) is -0.547. The molecule has 0 aliphatic carbocycles. The average molecular weight is 409 g/mol. The predicted octanol–water partition coefficient (Wildman–Crippen LogP) is 3.63. The van der Waals surface area contributed by atoms with E-state index in [1.165, 1.54) is 17.1 Å². The molecule has 0 radical (unpaired) electrons. The lowest BCUT2D eigenvalue weighted by Gasteiger charge is -2.33. The molecule has 0 spiro atoms. The van der Waals surface area contributed by atoms with Crippen LogP contribution in [-0.4, -0.2) is 44.8 Å². The molecule has 8 heteroatoms. The average Bonchev–Trinajstić information content (AvgIpc) is 3.22. The fourth-order valence-corrected chi connectivity index (χ4v) is 3.90. The maximum absolute atomic E-state index is 13.6. The Morgan fingerprint density at radius 3 is 2.79 bits per heavy atom. The molecule has 0 amide bonds. The van der Waals surface area contributed by atoms with E-state index in [0.29, 0.717) is 12.6 Å². The molecule has 2 heterocycles. The number of guanidine groups is 1. The van der Waals surface area contributed by atoms with Crippen molar-refractivity contribution in [2.45, 2.75) is 25.8 Å². The number of piperidine rings is 1. The van der Waals surface area contributed by atoms with Crippen LogP contribution in [0, 0.1) is 11.6 Å². The lowest BCUT2D eigenvalue weighted by atomic mass is 10.1. The largest absolute Gasteiger partial charge is 0.489 e. The van der Waals surface area contributed by atoms with E-state index in [1.807, 2.05) is 6.92 Å². The zero-order valence-corrected chi connectivity index (χ0v) is 16.8. The van der Waals surface area contributed by atoms with Gasteiger partial charge in [0.1, 0.15) is 12.4 Å². The van der Waals surface area contributed by atoms with E-state index in [-0.39, 0.29) is 12.4 Å². The molecule has 0 saturated carbocycles. The van der Waals surface area contributed by atoms with Crippen LogP contribution < -0.4 is 20.3 Å². The molecular formula is C20H26F2N4OS. The second-order valence-corrected chi connectivity index (χ2v) is 7.47. The van der Waals surface area contributed by atoms with Crippen molar-refractivity contribution in [1.82, 2.24) is 10.6 Å². The lowest BCUT2D eigenvalue weighted by molar-refractivity contribution is 0.310. The highest BCUT2D eigenvalue weighted by Gasteiger charge is 2.20. The van der Waals surface area contributed by atoms with Crippen molar-refractivity contribution in [2.24, 2.45) is 4.99 Å². The highest BCUT2D eigenvalue weighted by atomic mass is 32.1. The van der Waals surface area contributed by atoms with Gasteiger partial charge in [-0.2, -0.15) is 0 Å². The van der Waals surface area contributed by atoms with Gasteiger partial charge in [-0.3, -0.25) is 0 Å². The number of anilines is 1. The summed E-state index contributed by atoms with van der Waals surface area (Å²) in [6.07, 6.45) is 2.08. The zero-order chi connectivity index (χ0) is 19.8. The first kappa shape index (κ1) is 20.4. The summed E-state index contributed by atoms with van der Waals surface area (Å²) in [7, 11) is 0. The highest BCUT2D eigenvalue weighted by Crippen LogP contribution is 2.24. The van der Waals surface area contributed by atoms with Crippen LogP contribution in [0.15, 0.2) is 40.7 Å². The van der Waals surface area contributed by atoms with Crippen molar-refractivity contribution in [3.8, 4) is 5.75 Å². The molecule has 0 atom stereocenters. The van der Waals surface area contributed by atoms with E-state index in [0.717, 1.165) is 44.5 Å². The van der Waals surface area contributed by atoms with Crippen molar-refractivity contribution < 1.29 is 13.5 Å². The van der Waals surface area contributed by atoms with E-state index in [2.05, 4.69) is 38.0 Å². The van der Waals surface area contributed by atoms with Gasteiger partial charge in [-0.25, -0.2) is 13.8 Å². The summed E-state index contributed by atoms with van der Waals surface area (Å²) >= 11 is 1.77. The Bertz CT molecular complexity index is 762. The van der Waals surface area contributed by atoms with Crippen LogP contribution >= 0.6 is 11.3 Å².